The van der Waals surface area contributed by atoms with Crippen molar-refractivity contribution >= 4 is 50.4 Å². The number of anilines is 1. The number of ether oxygens (including phenoxy) is 1. The maximum absolute atomic E-state index is 13.5. The van der Waals surface area contributed by atoms with Gasteiger partial charge in [-0.25, -0.2) is 9.78 Å². The van der Waals surface area contributed by atoms with Crippen molar-refractivity contribution in [2.45, 2.75) is 83.2 Å². The first kappa shape index (κ1) is 36.5. The van der Waals surface area contributed by atoms with Gasteiger partial charge in [0.2, 0.25) is 5.62 Å². The number of nitrogens with two attached hydrogens (primary N) is 1. The molecule has 2 aliphatic heterocycles. The number of carboxylic acids is 1. The predicted octanol–water partition coefficient (Wildman–Crippen LogP) is 1.61. The van der Waals surface area contributed by atoms with Crippen LogP contribution in [0.4, 0.5) is 5.13 Å². The molecule has 2 aromatic heterocycles. The second-order valence-electron chi connectivity index (χ2n) is 12.6. The molecule has 1 aromatic carbocycles. The molecule has 0 aliphatic carbocycles. The Bertz CT molecular complexity index is 2040. The number of unbranched alkanes of at least 4 members (excludes halogenated alkanes) is 1. The van der Waals surface area contributed by atoms with E-state index >= 15 is 0 Å². The highest BCUT2D eigenvalue weighted by Gasteiger charge is 2.58. The summed E-state index contributed by atoms with van der Waals surface area (Å²) in [5.74, 6) is -2.99. The molecule has 20 heteroatoms. The second kappa shape index (κ2) is 13.5. The highest BCUT2D eigenvalue weighted by atomic mass is 32.3. The van der Waals surface area contributed by atoms with E-state index in [1.165, 1.54) is 26.2 Å². The summed E-state index contributed by atoms with van der Waals surface area (Å²) in [7, 11) is -3.21. The van der Waals surface area contributed by atoms with Gasteiger partial charge < -0.3 is 34.9 Å². The largest absolute Gasteiger partial charge is 0.485 e. The van der Waals surface area contributed by atoms with Gasteiger partial charge in [0, 0.05) is 30.7 Å². The van der Waals surface area contributed by atoms with Crippen LogP contribution >= 0.6 is 11.3 Å². The quantitative estimate of drug-likeness (QED) is 0.0727. The van der Waals surface area contributed by atoms with Crippen LogP contribution in [0.25, 0.3) is 11.3 Å². The van der Waals surface area contributed by atoms with Crippen molar-refractivity contribution in [3.05, 3.63) is 46.7 Å². The number of benzene rings is 1. The summed E-state index contributed by atoms with van der Waals surface area (Å²) in [6.45, 7) is 6.78. The minimum absolute atomic E-state index is 0.0613. The van der Waals surface area contributed by atoms with E-state index in [0.717, 1.165) is 41.0 Å². The van der Waals surface area contributed by atoms with E-state index in [0.29, 0.717) is 29.4 Å². The number of nitrogens with one attached hydrogen (secondary N) is 2. The number of rotatable bonds is 13. The van der Waals surface area contributed by atoms with Crippen molar-refractivity contribution in [3.63, 3.8) is 0 Å². The van der Waals surface area contributed by atoms with E-state index in [1.807, 2.05) is 29.9 Å². The number of aliphatic carboxylic acids is 1. The molecule has 3 atom stereocenters. The van der Waals surface area contributed by atoms with E-state index in [-0.39, 0.29) is 17.2 Å². The molecule has 5 rings (SSSR count). The number of hydroxylamine groups is 2. The van der Waals surface area contributed by atoms with Crippen molar-refractivity contribution in [3.8, 4) is 17.0 Å². The Kier molecular flexibility index (Phi) is 9.85. The summed E-state index contributed by atoms with van der Waals surface area (Å²) in [6, 6.07) is 4.21. The summed E-state index contributed by atoms with van der Waals surface area (Å²) in [5.41, 5.74) is 4.60. The van der Waals surface area contributed by atoms with Crippen LogP contribution in [0.2, 0.25) is 0 Å². The lowest BCUT2D eigenvalue weighted by molar-refractivity contribution is -0.218. The number of carboxylic acid groups (broad SMARTS) is 1. The number of hydrogen-bond acceptors (Lipinski definition) is 13. The number of thiazole rings is 1. The number of nitrogens with zero attached hydrogens (tertiary/aromatic N) is 5. The highest BCUT2D eigenvalue weighted by molar-refractivity contribution is 7.80. The Morgan fingerprint density at radius 1 is 1.34 bits per heavy atom. The van der Waals surface area contributed by atoms with Crippen molar-refractivity contribution in [2.24, 2.45) is 12.2 Å². The number of carbonyl (C=O) groups excluding carboxylic acids is 2. The first-order chi connectivity index (χ1) is 23.4. The van der Waals surface area contributed by atoms with Crippen LogP contribution in [0, 0.1) is 5.41 Å². The number of fused-ring (bicyclic) bond motifs is 1. The zero-order chi connectivity index (χ0) is 36.8. The molecule has 0 saturated carbocycles. The van der Waals surface area contributed by atoms with E-state index in [4.69, 9.17) is 25.3 Å². The molecule has 50 heavy (non-hydrogen) atoms. The average Bonchev–Trinajstić information content (AvgIpc) is 3.61. The van der Waals surface area contributed by atoms with Gasteiger partial charge in [-0.15, -0.1) is 15.6 Å². The Labute approximate surface area is 290 Å². The van der Waals surface area contributed by atoms with Crippen LogP contribution in [0.3, 0.4) is 0 Å². The lowest BCUT2D eigenvalue weighted by Gasteiger charge is -2.50. The zero-order valence-electron chi connectivity index (χ0n) is 27.9. The molecule has 270 valence electrons. The summed E-state index contributed by atoms with van der Waals surface area (Å²) < 4.78 is 45.6. The monoisotopic (exact) mass is 734 g/mol. The van der Waals surface area contributed by atoms with E-state index in [1.54, 1.807) is 10.6 Å². The molecule has 18 nitrogen and oxygen atoms in total. The summed E-state index contributed by atoms with van der Waals surface area (Å²) >= 11 is 0.968. The Morgan fingerprint density at radius 2 is 2.06 bits per heavy atom. The molecule has 1 saturated heterocycles. The first-order valence-corrected chi connectivity index (χ1v) is 17.8. The number of nitrogen functional groups attached to an aromatic ring is 1. The topological polar surface area (TPSA) is 254 Å². The number of hydrogen-bond donors (Lipinski definition) is 5. The first-order valence-electron chi connectivity index (χ1n) is 15.5. The molecule has 2 amide bonds. The van der Waals surface area contributed by atoms with E-state index in [9.17, 15) is 27.9 Å². The number of β-lactam (4-membered cyclic amide) rings is 1. The van der Waals surface area contributed by atoms with Crippen molar-refractivity contribution in [1.29, 1.82) is 5.41 Å². The number of aryl methyl sites for hydroxylation is 2. The lowest BCUT2D eigenvalue weighted by atomic mass is 9.84. The normalized spacial score (nSPS) is 19.9. The number of oxime groups is 1. The molecule has 2 aliphatic rings. The molecular weight excluding hydrogens is 697 g/mol. The minimum Gasteiger partial charge on any atom is -0.485 e. The van der Waals surface area contributed by atoms with Gasteiger partial charge in [0.1, 0.15) is 17.5 Å². The van der Waals surface area contributed by atoms with Crippen LogP contribution in [0.1, 0.15) is 58.2 Å². The van der Waals surface area contributed by atoms with Gasteiger partial charge in [-0.3, -0.25) is 19.6 Å². The molecular formula is C30H38N8O10S2. The predicted molar refractivity (Wildman–Crippen MR) is 178 cm³/mol. The lowest BCUT2D eigenvalue weighted by Crippen LogP contribution is -2.76. The van der Waals surface area contributed by atoms with Gasteiger partial charge in [-0.1, -0.05) is 18.5 Å². The third-order valence-electron chi connectivity index (χ3n) is 8.70. The molecule has 0 bridgehead atoms. The van der Waals surface area contributed by atoms with Gasteiger partial charge in [0.15, 0.2) is 16.9 Å². The SMILES string of the molecule is CCCCn1c(-c2ccc3c(c2)CC[C@@H]([C@@](C)(O/N=C(\C(=O)N[C@@H]2C(=O)N(OS(=O)(=O)O)C2(C)C)c2csc(N)n2)C(=O)O)O3)cn(C)c1=N. The van der Waals surface area contributed by atoms with Crippen LogP contribution in [-0.4, -0.2) is 84.0 Å². The highest BCUT2D eigenvalue weighted by Crippen LogP contribution is 2.37. The molecule has 6 N–H and O–H groups in total. The smallest absolute Gasteiger partial charge is 0.418 e. The standard InChI is InChI=1S/C30H38N8O10S2/c1-6-7-12-37-19(14-36(5)28(37)32)16-8-10-20-17(13-16)9-11-21(46-20)30(4,26(41)42)47-35-22(18-15-49-27(31)33-18)24(39)34-23-25(40)38(29(23,2)3)48-50(43,44)45/h8,10,13-15,21,23,32H,6-7,9,11-12H2,1-5H3,(H2,31,33)(H,34,39)(H,41,42)(H,43,44,45)/b32-28?,35-22-/t21-,23+,30+/m0/s1. The third kappa shape index (κ3) is 6.96. The number of carbonyl (C=O) groups is 3. The number of amides is 2. The third-order valence-corrected chi connectivity index (χ3v) is 9.71. The summed E-state index contributed by atoms with van der Waals surface area (Å²) in [6.07, 6.45) is 3.37. The van der Waals surface area contributed by atoms with Crippen LogP contribution in [0.5, 0.6) is 5.75 Å². The average molecular weight is 735 g/mol. The maximum atomic E-state index is 13.5. The Morgan fingerprint density at radius 3 is 2.66 bits per heavy atom. The number of aromatic nitrogens is 3. The van der Waals surface area contributed by atoms with Gasteiger partial charge in [-0.05, 0) is 63.8 Å². The Hall–Kier alpha value is -4.79. The second-order valence-corrected chi connectivity index (χ2v) is 14.5. The molecule has 0 unspecified atom stereocenters. The van der Waals surface area contributed by atoms with Gasteiger partial charge in [-0.2, -0.15) is 13.5 Å². The molecule has 4 heterocycles. The van der Waals surface area contributed by atoms with Crippen LogP contribution in [0.15, 0.2) is 34.9 Å². The number of imidazole rings is 1. The Balaban J connectivity index is 1.38. The van der Waals surface area contributed by atoms with Gasteiger partial charge in [0.05, 0.1) is 11.2 Å². The fraction of sp³-hybridized carbons (Fsp3) is 0.467. The van der Waals surface area contributed by atoms with Crippen molar-refractivity contribution in [2.75, 3.05) is 5.73 Å². The zero-order valence-corrected chi connectivity index (χ0v) is 29.5. The van der Waals surface area contributed by atoms with Crippen LogP contribution < -0.4 is 21.4 Å². The van der Waals surface area contributed by atoms with Crippen LogP contribution in [-0.2, 0) is 53.9 Å². The molecule has 1 fully saturated rings. The van der Waals surface area contributed by atoms with E-state index in [2.05, 4.69) is 26.7 Å². The molecule has 0 spiro atoms. The van der Waals surface area contributed by atoms with Gasteiger partial charge in [0.25, 0.3) is 17.4 Å². The van der Waals surface area contributed by atoms with Crippen molar-refractivity contribution < 1.29 is 46.3 Å². The summed E-state index contributed by atoms with van der Waals surface area (Å²) in [5, 5.41) is 26.9. The minimum atomic E-state index is -5.03. The fourth-order valence-electron chi connectivity index (χ4n) is 5.72. The maximum Gasteiger partial charge on any atom is 0.418 e. The molecule has 3 aromatic rings. The van der Waals surface area contributed by atoms with Gasteiger partial charge >= 0.3 is 16.4 Å². The molecule has 0 radical (unpaired) electrons. The van der Waals surface area contributed by atoms with Crippen molar-refractivity contribution in [1.82, 2.24) is 24.5 Å². The fourth-order valence-corrected chi connectivity index (χ4v) is 6.73. The summed E-state index contributed by atoms with van der Waals surface area (Å²) in [4.78, 5) is 48.5. The van der Waals surface area contributed by atoms with E-state index < -0.39 is 57.2 Å².